The highest BCUT2D eigenvalue weighted by Gasteiger charge is 2.11. The molecule has 2 heterocycles. The second kappa shape index (κ2) is 5.75. The molecule has 106 valence electrons. The first-order valence-electron chi connectivity index (χ1n) is 7.45. The van der Waals surface area contributed by atoms with E-state index in [1.54, 1.807) is 0 Å². The molecule has 0 amide bonds. The largest absolute Gasteiger partial charge is 0.310 e. The Morgan fingerprint density at radius 3 is 2.90 bits per heavy atom. The number of nitrogens with one attached hydrogen (secondary N) is 1. The fourth-order valence-electron chi connectivity index (χ4n) is 2.95. The van der Waals surface area contributed by atoms with Gasteiger partial charge in [-0.2, -0.15) is 0 Å². The normalized spacial score (nSPS) is 16.1. The maximum Gasteiger partial charge on any atom is 0.258 e. The van der Waals surface area contributed by atoms with Gasteiger partial charge in [0.2, 0.25) is 0 Å². The molecule has 1 aliphatic rings. The number of likely N-dealkylation sites (tertiary alicyclic amines) is 1. The first-order chi connectivity index (χ1) is 9.74. The molecule has 20 heavy (non-hydrogen) atoms. The maximum absolute atomic E-state index is 12.1. The lowest BCUT2D eigenvalue weighted by Crippen LogP contribution is -2.21. The lowest BCUT2D eigenvalue weighted by molar-refractivity contribution is 0.333. The molecule has 1 aromatic heterocycles. The number of aromatic nitrogens is 2. The molecule has 0 aliphatic carbocycles. The van der Waals surface area contributed by atoms with Crippen LogP contribution >= 0.6 is 0 Å². The van der Waals surface area contributed by atoms with Gasteiger partial charge in [0.15, 0.2) is 0 Å². The molecule has 1 saturated heterocycles. The van der Waals surface area contributed by atoms with Crippen molar-refractivity contribution >= 4 is 10.9 Å². The minimum absolute atomic E-state index is 0.0186. The van der Waals surface area contributed by atoms with Crippen LogP contribution in [-0.2, 0) is 6.42 Å². The van der Waals surface area contributed by atoms with Crippen LogP contribution in [-0.4, -0.2) is 34.5 Å². The minimum Gasteiger partial charge on any atom is -0.310 e. The van der Waals surface area contributed by atoms with Gasteiger partial charge < -0.3 is 9.88 Å². The maximum atomic E-state index is 12.1. The molecular weight excluding hydrogens is 250 g/mol. The van der Waals surface area contributed by atoms with Crippen LogP contribution in [0.2, 0.25) is 0 Å². The molecule has 1 aliphatic heterocycles. The third kappa shape index (κ3) is 2.75. The Labute approximate surface area is 118 Å². The van der Waals surface area contributed by atoms with Gasteiger partial charge >= 0.3 is 0 Å². The van der Waals surface area contributed by atoms with E-state index in [4.69, 9.17) is 0 Å². The molecule has 1 aromatic carbocycles. The predicted molar refractivity (Wildman–Crippen MR) is 81.1 cm³/mol. The summed E-state index contributed by atoms with van der Waals surface area (Å²) in [6.07, 6.45) is 4.55. The number of nitrogens with zero attached hydrogens (tertiary/aromatic N) is 2. The fourth-order valence-corrected chi connectivity index (χ4v) is 2.95. The van der Waals surface area contributed by atoms with Crippen molar-refractivity contribution in [1.29, 1.82) is 0 Å². The van der Waals surface area contributed by atoms with Gasteiger partial charge in [-0.15, -0.1) is 0 Å². The summed E-state index contributed by atoms with van der Waals surface area (Å²) < 4.78 is 0. The molecular formula is C16H21N3O. The summed E-state index contributed by atoms with van der Waals surface area (Å²) in [6, 6.07) is 5.74. The number of aryl methyl sites for hydroxylation is 2. The van der Waals surface area contributed by atoms with Crippen molar-refractivity contribution in [3.63, 3.8) is 0 Å². The Hall–Kier alpha value is -1.68. The summed E-state index contributed by atoms with van der Waals surface area (Å²) in [4.78, 5) is 22.1. The Bertz CT molecular complexity index is 656. The number of rotatable bonds is 4. The Morgan fingerprint density at radius 2 is 2.10 bits per heavy atom. The van der Waals surface area contributed by atoms with Crippen molar-refractivity contribution in [1.82, 2.24) is 14.9 Å². The number of fused-ring (bicyclic) bond motifs is 1. The fraction of sp³-hybridized carbons (Fsp3) is 0.500. The van der Waals surface area contributed by atoms with Crippen LogP contribution < -0.4 is 5.56 Å². The van der Waals surface area contributed by atoms with Gasteiger partial charge in [0.05, 0.1) is 10.9 Å². The Morgan fingerprint density at radius 1 is 1.30 bits per heavy atom. The van der Waals surface area contributed by atoms with Crippen molar-refractivity contribution in [2.24, 2.45) is 0 Å². The SMILES string of the molecule is Cc1cccc2c(=O)[nH]c(CCCN3CCCC3)nc12. The van der Waals surface area contributed by atoms with Crippen LogP contribution in [0.1, 0.15) is 30.7 Å². The highest BCUT2D eigenvalue weighted by molar-refractivity contribution is 5.80. The average Bonchev–Trinajstić information content (AvgIpc) is 2.93. The van der Waals surface area contributed by atoms with Crippen LogP contribution in [0.15, 0.2) is 23.0 Å². The molecule has 2 aromatic rings. The number of aromatic amines is 1. The van der Waals surface area contributed by atoms with E-state index in [0.29, 0.717) is 5.39 Å². The summed E-state index contributed by atoms with van der Waals surface area (Å²) in [5.41, 5.74) is 1.89. The van der Waals surface area contributed by atoms with Gasteiger partial charge in [-0.3, -0.25) is 4.79 Å². The van der Waals surface area contributed by atoms with E-state index in [-0.39, 0.29) is 5.56 Å². The van der Waals surface area contributed by atoms with Crippen molar-refractivity contribution < 1.29 is 0 Å². The molecule has 0 atom stereocenters. The molecule has 0 bridgehead atoms. The van der Waals surface area contributed by atoms with E-state index >= 15 is 0 Å². The summed E-state index contributed by atoms with van der Waals surface area (Å²) in [5.74, 6) is 0.816. The molecule has 0 unspecified atom stereocenters. The van der Waals surface area contributed by atoms with E-state index in [1.807, 2.05) is 25.1 Å². The molecule has 0 radical (unpaired) electrons. The lowest BCUT2D eigenvalue weighted by Gasteiger charge is -2.13. The van der Waals surface area contributed by atoms with E-state index in [9.17, 15) is 4.79 Å². The van der Waals surface area contributed by atoms with Crippen LogP contribution in [0, 0.1) is 6.92 Å². The van der Waals surface area contributed by atoms with Crippen LogP contribution in [0.5, 0.6) is 0 Å². The third-order valence-corrected chi connectivity index (χ3v) is 4.07. The standard InChI is InChI=1S/C16H21N3O/c1-12-6-4-7-13-15(12)17-14(18-16(13)20)8-5-11-19-9-2-3-10-19/h4,6-7H,2-3,5,8-11H2,1H3,(H,17,18,20). The summed E-state index contributed by atoms with van der Waals surface area (Å²) in [6.45, 7) is 5.56. The van der Waals surface area contributed by atoms with Crippen LogP contribution in [0.4, 0.5) is 0 Å². The number of H-pyrrole nitrogens is 1. The van der Waals surface area contributed by atoms with Gasteiger partial charge in [-0.1, -0.05) is 12.1 Å². The second-order valence-corrected chi connectivity index (χ2v) is 5.64. The molecule has 0 saturated carbocycles. The smallest absolute Gasteiger partial charge is 0.258 e. The number of para-hydroxylation sites is 1. The first-order valence-corrected chi connectivity index (χ1v) is 7.45. The van der Waals surface area contributed by atoms with Gasteiger partial charge in [0.25, 0.3) is 5.56 Å². The van der Waals surface area contributed by atoms with Crippen molar-refractivity contribution in [3.8, 4) is 0 Å². The average molecular weight is 271 g/mol. The molecule has 4 heteroatoms. The van der Waals surface area contributed by atoms with Gasteiger partial charge in [0.1, 0.15) is 5.82 Å². The Balaban J connectivity index is 1.74. The van der Waals surface area contributed by atoms with Gasteiger partial charge in [-0.25, -0.2) is 4.98 Å². The van der Waals surface area contributed by atoms with Crippen molar-refractivity contribution in [2.45, 2.75) is 32.6 Å². The zero-order valence-corrected chi connectivity index (χ0v) is 12.0. The van der Waals surface area contributed by atoms with E-state index < -0.39 is 0 Å². The van der Waals surface area contributed by atoms with Crippen molar-refractivity contribution in [2.75, 3.05) is 19.6 Å². The zero-order valence-electron chi connectivity index (χ0n) is 12.0. The zero-order chi connectivity index (χ0) is 13.9. The van der Waals surface area contributed by atoms with E-state index in [1.165, 1.54) is 25.9 Å². The number of hydrogen-bond acceptors (Lipinski definition) is 3. The minimum atomic E-state index is -0.0186. The van der Waals surface area contributed by atoms with Crippen LogP contribution in [0.25, 0.3) is 10.9 Å². The Kier molecular flexibility index (Phi) is 3.83. The summed E-state index contributed by atoms with van der Waals surface area (Å²) in [5, 5.41) is 0.688. The summed E-state index contributed by atoms with van der Waals surface area (Å²) >= 11 is 0. The molecule has 0 spiro atoms. The quantitative estimate of drug-likeness (QED) is 0.928. The number of benzene rings is 1. The molecule has 3 rings (SSSR count). The molecule has 4 nitrogen and oxygen atoms in total. The highest BCUT2D eigenvalue weighted by atomic mass is 16.1. The number of hydrogen-bond donors (Lipinski definition) is 1. The summed E-state index contributed by atoms with van der Waals surface area (Å²) in [7, 11) is 0. The lowest BCUT2D eigenvalue weighted by atomic mass is 10.1. The van der Waals surface area contributed by atoms with E-state index in [0.717, 1.165) is 36.3 Å². The highest BCUT2D eigenvalue weighted by Crippen LogP contribution is 2.13. The predicted octanol–water partition coefficient (Wildman–Crippen LogP) is 2.26. The van der Waals surface area contributed by atoms with E-state index in [2.05, 4.69) is 14.9 Å². The second-order valence-electron chi connectivity index (χ2n) is 5.64. The first kappa shape index (κ1) is 13.3. The monoisotopic (exact) mass is 271 g/mol. The topological polar surface area (TPSA) is 49.0 Å². The van der Waals surface area contributed by atoms with Gasteiger partial charge in [-0.05, 0) is 57.5 Å². The molecule has 1 fully saturated rings. The van der Waals surface area contributed by atoms with Crippen LogP contribution in [0.3, 0.4) is 0 Å². The van der Waals surface area contributed by atoms with Crippen molar-refractivity contribution in [3.05, 3.63) is 39.9 Å². The van der Waals surface area contributed by atoms with Gasteiger partial charge in [0, 0.05) is 6.42 Å². The molecule has 1 N–H and O–H groups in total. The third-order valence-electron chi connectivity index (χ3n) is 4.07.